The number of carbonyl (C=O) groups excluding carboxylic acids is 2. The molecule has 6 nitrogen and oxygen atoms in total. The third-order valence-electron chi connectivity index (χ3n) is 5.69. The van der Waals surface area contributed by atoms with E-state index < -0.39 is 0 Å². The molecule has 0 fully saturated rings. The van der Waals surface area contributed by atoms with Crippen LogP contribution in [0.5, 0.6) is 0 Å². The lowest BCUT2D eigenvalue weighted by molar-refractivity contribution is -0.689. The van der Waals surface area contributed by atoms with Crippen molar-refractivity contribution in [3.63, 3.8) is 0 Å². The second-order valence-corrected chi connectivity index (χ2v) is 9.54. The minimum atomic E-state index is -0.258. The van der Waals surface area contributed by atoms with E-state index in [1.54, 1.807) is 29.2 Å². The summed E-state index contributed by atoms with van der Waals surface area (Å²) in [5.41, 5.74) is 2.13. The summed E-state index contributed by atoms with van der Waals surface area (Å²) in [6.45, 7) is 1.50. The van der Waals surface area contributed by atoms with Crippen molar-refractivity contribution in [2.45, 2.75) is 19.5 Å². The average Bonchev–Trinajstić information content (AvgIpc) is 3.25. The highest BCUT2D eigenvalue weighted by Crippen LogP contribution is 2.34. The number of nitrogens with zero attached hydrogens (tertiary/aromatic N) is 4. The second kappa shape index (κ2) is 10.0. The van der Waals surface area contributed by atoms with Gasteiger partial charge in [0.2, 0.25) is 6.33 Å². The Morgan fingerprint density at radius 1 is 0.941 bits per heavy atom. The number of carbonyl (C=O) groups is 2. The topological polar surface area (TPSA) is 59.1 Å². The van der Waals surface area contributed by atoms with Crippen molar-refractivity contribution in [3.8, 4) is 0 Å². The van der Waals surface area contributed by atoms with Gasteiger partial charge in [-0.25, -0.2) is 4.57 Å². The molecule has 2 heterocycles. The Hall–Kier alpha value is -2.45. The number of aromatic nitrogens is 3. The summed E-state index contributed by atoms with van der Waals surface area (Å²) in [4.78, 5) is 27.5. The third kappa shape index (κ3) is 4.58. The van der Waals surface area contributed by atoms with Crippen LogP contribution in [0.3, 0.4) is 0 Å². The van der Waals surface area contributed by atoms with Crippen molar-refractivity contribution in [3.05, 3.63) is 92.4 Å². The van der Waals surface area contributed by atoms with Crippen LogP contribution in [-0.2, 0) is 13.1 Å². The van der Waals surface area contributed by atoms with Crippen LogP contribution >= 0.6 is 39.1 Å². The highest BCUT2D eigenvalue weighted by molar-refractivity contribution is 9.10. The SMILES string of the molecule is O=C1c2cccc3c(Br)ccc(c23)C(=O)N1CCCn1c[n+](Cc2ccc(Cl)c(Cl)c2)cn1.[Cl-]. The molecule has 0 atom stereocenters. The highest BCUT2D eigenvalue weighted by atomic mass is 79.9. The highest BCUT2D eigenvalue weighted by Gasteiger charge is 2.32. The zero-order valence-electron chi connectivity index (χ0n) is 17.7. The summed E-state index contributed by atoms with van der Waals surface area (Å²) >= 11 is 15.6. The molecular weight excluding hydrogens is 563 g/mol. The molecule has 0 saturated carbocycles. The number of halogens is 4. The van der Waals surface area contributed by atoms with Crippen LogP contribution in [0.25, 0.3) is 10.8 Å². The van der Waals surface area contributed by atoms with Gasteiger partial charge < -0.3 is 12.4 Å². The van der Waals surface area contributed by atoms with Crippen molar-refractivity contribution in [1.82, 2.24) is 14.7 Å². The van der Waals surface area contributed by atoms with Gasteiger partial charge in [-0.15, -0.1) is 4.68 Å². The maximum Gasteiger partial charge on any atom is 0.265 e. The third-order valence-corrected chi connectivity index (χ3v) is 7.12. The first-order valence-corrected chi connectivity index (χ1v) is 11.9. The van der Waals surface area contributed by atoms with Gasteiger partial charge in [0.1, 0.15) is 6.54 Å². The number of amides is 2. The molecule has 0 radical (unpaired) electrons. The molecule has 34 heavy (non-hydrogen) atoms. The number of hydrogen-bond donors (Lipinski definition) is 0. The molecule has 1 aromatic heterocycles. The van der Waals surface area contributed by atoms with E-state index in [9.17, 15) is 9.59 Å². The van der Waals surface area contributed by atoms with Gasteiger partial charge in [-0.1, -0.05) is 57.3 Å². The van der Waals surface area contributed by atoms with Crippen molar-refractivity contribution in [2.24, 2.45) is 0 Å². The molecule has 4 aromatic rings. The molecule has 0 unspecified atom stereocenters. The molecule has 0 spiro atoms. The second-order valence-electron chi connectivity index (χ2n) is 7.87. The normalized spacial score (nSPS) is 12.9. The predicted octanol–water partition coefficient (Wildman–Crippen LogP) is 2.13. The summed E-state index contributed by atoms with van der Waals surface area (Å²) < 4.78 is 4.60. The van der Waals surface area contributed by atoms with Crippen LogP contribution in [0, 0.1) is 0 Å². The van der Waals surface area contributed by atoms with Crippen LogP contribution in [-0.4, -0.2) is 33.0 Å². The molecule has 174 valence electrons. The van der Waals surface area contributed by atoms with Crippen LogP contribution in [0.15, 0.2) is 65.7 Å². The number of benzene rings is 3. The van der Waals surface area contributed by atoms with Crippen molar-refractivity contribution >= 4 is 61.7 Å². The van der Waals surface area contributed by atoms with E-state index in [1.165, 1.54) is 4.90 Å². The van der Waals surface area contributed by atoms with Gasteiger partial charge in [-0.2, -0.15) is 0 Å². The van der Waals surface area contributed by atoms with Gasteiger partial charge in [-0.3, -0.25) is 14.5 Å². The lowest BCUT2D eigenvalue weighted by atomic mass is 9.94. The Kier molecular flexibility index (Phi) is 7.28. The zero-order valence-corrected chi connectivity index (χ0v) is 21.6. The van der Waals surface area contributed by atoms with E-state index in [0.717, 1.165) is 15.4 Å². The molecule has 5 rings (SSSR count). The lowest BCUT2D eigenvalue weighted by Gasteiger charge is -2.27. The van der Waals surface area contributed by atoms with Gasteiger partial charge in [0.15, 0.2) is 0 Å². The first kappa shape index (κ1) is 24.7. The van der Waals surface area contributed by atoms with Gasteiger partial charge in [-0.05, 0) is 47.7 Å². The molecule has 0 saturated heterocycles. The fourth-order valence-corrected chi connectivity index (χ4v) is 4.90. The van der Waals surface area contributed by atoms with E-state index >= 15 is 0 Å². The molecular formula is C24H18BrCl3N4O2. The summed E-state index contributed by atoms with van der Waals surface area (Å²) in [5.74, 6) is -0.516. The summed E-state index contributed by atoms with van der Waals surface area (Å²) in [6, 6.07) is 14.7. The number of aryl methyl sites for hydroxylation is 1. The van der Waals surface area contributed by atoms with Crippen molar-refractivity contribution in [1.29, 1.82) is 0 Å². The predicted molar refractivity (Wildman–Crippen MR) is 130 cm³/mol. The van der Waals surface area contributed by atoms with Crippen LogP contribution < -0.4 is 17.0 Å². The van der Waals surface area contributed by atoms with Crippen LogP contribution in [0.1, 0.15) is 32.7 Å². The van der Waals surface area contributed by atoms with Crippen LogP contribution in [0.4, 0.5) is 0 Å². The quantitative estimate of drug-likeness (QED) is 0.260. The Bertz CT molecular complexity index is 1400. The van der Waals surface area contributed by atoms with Gasteiger partial charge in [0, 0.05) is 32.6 Å². The summed E-state index contributed by atoms with van der Waals surface area (Å²) in [7, 11) is 0. The van der Waals surface area contributed by atoms with E-state index in [-0.39, 0.29) is 24.2 Å². The van der Waals surface area contributed by atoms with Crippen molar-refractivity contribution < 1.29 is 26.6 Å². The van der Waals surface area contributed by atoms with E-state index in [2.05, 4.69) is 21.0 Å². The molecule has 10 heteroatoms. The maximum atomic E-state index is 13.1. The van der Waals surface area contributed by atoms with Gasteiger partial charge in [0.05, 0.1) is 16.6 Å². The Morgan fingerprint density at radius 3 is 2.47 bits per heavy atom. The molecule has 3 aromatic carbocycles. The minimum Gasteiger partial charge on any atom is -1.00 e. The zero-order chi connectivity index (χ0) is 23.1. The lowest BCUT2D eigenvalue weighted by Crippen LogP contribution is -3.00. The first-order valence-electron chi connectivity index (χ1n) is 10.4. The monoisotopic (exact) mass is 578 g/mol. The fraction of sp³-hybridized carbons (Fsp3) is 0.167. The summed E-state index contributed by atoms with van der Waals surface area (Å²) in [5, 5.41) is 7.00. The molecule has 0 N–H and O–H groups in total. The van der Waals surface area contributed by atoms with Crippen molar-refractivity contribution in [2.75, 3.05) is 6.54 Å². The van der Waals surface area contributed by atoms with Gasteiger partial charge >= 0.3 is 0 Å². The molecule has 0 aliphatic carbocycles. The molecule has 1 aliphatic heterocycles. The molecule has 0 bridgehead atoms. The Balaban J connectivity index is 0.00000274. The molecule has 2 amide bonds. The minimum absolute atomic E-state index is 0. The van der Waals surface area contributed by atoms with Crippen LogP contribution in [0.2, 0.25) is 10.0 Å². The first-order chi connectivity index (χ1) is 15.9. The Labute approximate surface area is 220 Å². The van der Waals surface area contributed by atoms with E-state index in [0.29, 0.717) is 52.6 Å². The number of hydrogen-bond acceptors (Lipinski definition) is 3. The van der Waals surface area contributed by atoms with E-state index in [1.807, 2.05) is 41.2 Å². The van der Waals surface area contributed by atoms with Gasteiger partial charge in [0.25, 0.3) is 18.1 Å². The largest absolute Gasteiger partial charge is 1.00 e. The standard InChI is InChI=1S/C24H18BrCl2N4O2.ClH/c25-19-7-6-18-22-16(19)3-1-4-17(22)23(32)31(24(18)33)10-2-9-30-14-29(13-28-30)12-15-5-8-20(26)21(27)11-15;/h1,3-8,11,13-14H,2,9-10,12H2;1H/q+1;/p-1. The average molecular weight is 581 g/mol. The smallest absolute Gasteiger partial charge is 0.265 e. The fourth-order valence-electron chi connectivity index (χ4n) is 4.11. The Morgan fingerprint density at radius 2 is 1.71 bits per heavy atom. The molecule has 1 aliphatic rings. The summed E-state index contributed by atoms with van der Waals surface area (Å²) in [6.07, 6.45) is 4.21. The van der Waals surface area contributed by atoms with E-state index in [4.69, 9.17) is 23.2 Å². The number of rotatable bonds is 6. The number of imide groups is 1. The maximum absolute atomic E-state index is 13.1.